The second-order valence-electron chi connectivity index (χ2n) is 7.36. The Labute approximate surface area is 155 Å². The summed E-state index contributed by atoms with van der Waals surface area (Å²) in [4.78, 5) is 36.4. The standard InChI is InChI=1S/C19H24FN3O4/c1-11(2)23-16-9-15(21-12-6-4-3-5-7-12)14(20)8-13(16)18(26)22(19(23)27)10-17(24)25/h8-9,11-12,21H,3-7,10H2,1-2H3,(H,24,25). The lowest BCUT2D eigenvalue weighted by atomic mass is 9.95. The zero-order chi connectivity index (χ0) is 19.7. The van der Waals surface area contributed by atoms with E-state index in [0.717, 1.165) is 31.7 Å². The quantitative estimate of drug-likeness (QED) is 0.836. The van der Waals surface area contributed by atoms with E-state index in [-0.39, 0.29) is 23.2 Å². The third-order valence-electron chi connectivity index (χ3n) is 5.03. The molecular formula is C19H24FN3O4. The molecule has 8 heteroatoms. The zero-order valence-electron chi connectivity index (χ0n) is 15.5. The van der Waals surface area contributed by atoms with Crippen LogP contribution in [0.3, 0.4) is 0 Å². The number of nitrogens with zero attached hydrogens (tertiary/aromatic N) is 2. The summed E-state index contributed by atoms with van der Waals surface area (Å²) in [5.74, 6) is -1.89. The van der Waals surface area contributed by atoms with Crippen molar-refractivity contribution < 1.29 is 14.3 Å². The number of carboxylic acid groups (broad SMARTS) is 1. The van der Waals surface area contributed by atoms with Crippen molar-refractivity contribution in [3.63, 3.8) is 0 Å². The van der Waals surface area contributed by atoms with Crippen LogP contribution in [0.1, 0.15) is 52.0 Å². The lowest BCUT2D eigenvalue weighted by Crippen LogP contribution is -2.42. The molecule has 3 rings (SSSR count). The van der Waals surface area contributed by atoms with Crippen molar-refractivity contribution in [3.05, 3.63) is 38.8 Å². The number of anilines is 1. The van der Waals surface area contributed by atoms with E-state index < -0.39 is 29.6 Å². The van der Waals surface area contributed by atoms with Crippen LogP contribution in [0.2, 0.25) is 0 Å². The fourth-order valence-electron chi connectivity index (χ4n) is 3.75. The van der Waals surface area contributed by atoms with Gasteiger partial charge in [-0.15, -0.1) is 0 Å². The van der Waals surface area contributed by atoms with Crippen LogP contribution >= 0.6 is 0 Å². The Hall–Kier alpha value is -2.64. The highest BCUT2D eigenvalue weighted by Gasteiger charge is 2.20. The van der Waals surface area contributed by atoms with Gasteiger partial charge in [0.25, 0.3) is 5.56 Å². The number of hydrogen-bond donors (Lipinski definition) is 2. The summed E-state index contributed by atoms with van der Waals surface area (Å²) in [5, 5.41) is 12.2. The molecule has 27 heavy (non-hydrogen) atoms. The number of carbonyl (C=O) groups is 1. The van der Waals surface area contributed by atoms with Gasteiger partial charge < -0.3 is 10.4 Å². The smallest absolute Gasteiger partial charge is 0.332 e. The minimum Gasteiger partial charge on any atom is -0.480 e. The molecule has 1 aromatic carbocycles. The number of hydrogen-bond acceptors (Lipinski definition) is 4. The summed E-state index contributed by atoms with van der Waals surface area (Å²) in [6.45, 7) is 2.76. The summed E-state index contributed by atoms with van der Waals surface area (Å²) in [5.41, 5.74) is -0.933. The Balaban J connectivity index is 2.20. The third-order valence-corrected chi connectivity index (χ3v) is 5.03. The minimum atomic E-state index is -1.31. The van der Waals surface area contributed by atoms with Crippen LogP contribution in [-0.4, -0.2) is 26.3 Å². The molecule has 0 amide bonds. The van der Waals surface area contributed by atoms with Gasteiger partial charge in [0.05, 0.1) is 16.6 Å². The van der Waals surface area contributed by atoms with E-state index in [0.29, 0.717) is 10.1 Å². The summed E-state index contributed by atoms with van der Waals surface area (Å²) < 4.78 is 16.6. The Morgan fingerprint density at radius 1 is 1.26 bits per heavy atom. The first-order chi connectivity index (χ1) is 12.8. The molecule has 1 aromatic heterocycles. The Morgan fingerprint density at radius 2 is 1.93 bits per heavy atom. The molecule has 2 N–H and O–H groups in total. The van der Waals surface area contributed by atoms with Crippen molar-refractivity contribution in [2.45, 2.75) is 64.6 Å². The van der Waals surface area contributed by atoms with E-state index in [1.807, 2.05) is 0 Å². The van der Waals surface area contributed by atoms with E-state index >= 15 is 0 Å². The number of nitrogens with one attached hydrogen (secondary N) is 1. The molecule has 0 radical (unpaired) electrons. The maximum Gasteiger partial charge on any atom is 0.332 e. The number of aliphatic carboxylic acids is 1. The molecule has 7 nitrogen and oxygen atoms in total. The lowest BCUT2D eigenvalue weighted by Gasteiger charge is -2.25. The summed E-state index contributed by atoms with van der Waals surface area (Å²) in [6.07, 6.45) is 5.25. The first kappa shape index (κ1) is 19.1. The highest BCUT2D eigenvalue weighted by Crippen LogP contribution is 2.26. The first-order valence-electron chi connectivity index (χ1n) is 9.26. The van der Waals surface area contributed by atoms with Crippen molar-refractivity contribution in [2.24, 2.45) is 0 Å². The predicted octanol–water partition coefficient (Wildman–Crippen LogP) is 2.71. The van der Waals surface area contributed by atoms with Crippen LogP contribution in [0.5, 0.6) is 0 Å². The highest BCUT2D eigenvalue weighted by atomic mass is 19.1. The van der Waals surface area contributed by atoms with E-state index in [1.165, 1.54) is 17.1 Å². The van der Waals surface area contributed by atoms with Crippen LogP contribution in [0, 0.1) is 5.82 Å². The first-order valence-corrected chi connectivity index (χ1v) is 9.26. The van der Waals surface area contributed by atoms with Crippen molar-refractivity contribution in [1.29, 1.82) is 0 Å². The number of rotatable bonds is 5. The second-order valence-corrected chi connectivity index (χ2v) is 7.36. The fraction of sp³-hybridized carbons (Fsp3) is 0.526. The van der Waals surface area contributed by atoms with Crippen molar-refractivity contribution >= 4 is 22.6 Å². The molecule has 0 saturated heterocycles. The van der Waals surface area contributed by atoms with Crippen molar-refractivity contribution in [3.8, 4) is 0 Å². The van der Waals surface area contributed by atoms with Crippen molar-refractivity contribution in [1.82, 2.24) is 9.13 Å². The SMILES string of the molecule is CC(C)n1c(=O)n(CC(=O)O)c(=O)c2cc(F)c(NC3CCCCC3)cc21. The number of carboxylic acids is 1. The molecule has 146 valence electrons. The maximum atomic E-state index is 14.7. The fourth-order valence-corrected chi connectivity index (χ4v) is 3.75. The van der Waals surface area contributed by atoms with Crippen LogP contribution in [0.15, 0.2) is 21.7 Å². The molecule has 0 spiro atoms. The summed E-state index contributed by atoms with van der Waals surface area (Å²) in [7, 11) is 0. The summed E-state index contributed by atoms with van der Waals surface area (Å²) in [6, 6.07) is 2.43. The average molecular weight is 377 g/mol. The number of fused-ring (bicyclic) bond motifs is 1. The molecule has 1 saturated carbocycles. The zero-order valence-corrected chi connectivity index (χ0v) is 15.5. The molecular weight excluding hydrogens is 353 g/mol. The van der Waals surface area contributed by atoms with Gasteiger partial charge in [-0.25, -0.2) is 13.8 Å². The van der Waals surface area contributed by atoms with Gasteiger partial charge in [-0.1, -0.05) is 19.3 Å². The largest absolute Gasteiger partial charge is 0.480 e. The number of aromatic nitrogens is 2. The molecule has 1 fully saturated rings. The van der Waals surface area contributed by atoms with Gasteiger partial charge in [-0.3, -0.25) is 14.2 Å². The molecule has 1 heterocycles. The Kier molecular flexibility index (Phi) is 5.34. The number of halogens is 1. The Bertz CT molecular complexity index is 987. The molecule has 0 unspecified atom stereocenters. The lowest BCUT2D eigenvalue weighted by molar-refractivity contribution is -0.137. The van der Waals surface area contributed by atoms with Crippen LogP contribution in [0.4, 0.5) is 10.1 Å². The Morgan fingerprint density at radius 3 is 2.52 bits per heavy atom. The van der Waals surface area contributed by atoms with Gasteiger partial charge in [0.15, 0.2) is 0 Å². The van der Waals surface area contributed by atoms with Gasteiger partial charge in [-0.05, 0) is 38.8 Å². The molecule has 1 aliphatic rings. The van der Waals surface area contributed by atoms with E-state index in [9.17, 15) is 18.8 Å². The van der Waals surface area contributed by atoms with Gasteiger partial charge >= 0.3 is 11.7 Å². The van der Waals surface area contributed by atoms with Gasteiger partial charge in [0.1, 0.15) is 12.4 Å². The van der Waals surface area contributed by atoms with Crippen LogP contribution in [-0.2, 0) is 11.3 Å². The molecule has 2 aromatic rings. The molecule has 0 atom stereocenters. The molecule has 1 aliphatic carbocycles. The van der Waals surface area contributed by atoms with E-state index in [2.05, 4.69) is 5.32 Å². The van der Waals surface area contributed by atoms with Gasteiger partial charge in [-0.2, -0.15) is 0 Å². The van der Waals surface area contributed by atoms with Crippen LogP contribution < -0.4 is 16.6 Å². The predicted molar refractivity (Wildman–Crippen MR) is 101 cm³/mol. The average Bonchev–Trinajstić information content (AvgIpc) is 2.61. The molecule has 0 bridgehead atoms. The topological polar surface area (TPSA) is 93.3 Å². The normalized spacial score (nSPS) is 15.4. The van der Waals surface area contributed by atoms with Crippen LogP contribution in [0.25, 0.3) is 10.9 Å². The monoisotopic (exact) mass is 377 g/mol. The second kappa shape index (κ2) is 7.54. The number of benzene rings is 1. The van der Waals surface area contributed by atoms with Gasteiger partial charge in [0, 0.05) is 12.1 Å². The highest BCUT2D eigenvalue weighted by molar-refractivity contribution is 5.82. The summed E-state index contributed by atoms with van der Waals surface area (Å²) >= 11 is 0. The minimum absolute atomic E-state index is 0.00348. The third kappa shape index (κ3) is 3.74. The maximum absolute atomic E-state index is 14.7. The van der Waals surface area contributed by atoms with Gasteiger partial charge in [0.2, 0.25) is 0 Å². The molecule has 0 aliphatic heterocycles. The van der Waals surface area contributed by atoms with E-state index in [4.69, 9.17) is 5.11 Å². The van der Waals surface area contributed by atoms with Crippen molar-refractivity contribution in [2.75, 3.05) is 5.32 Å². The van der Waals surface area contributed by atoms with E-state index in [1.54, 1.807) is 13.8 Å².